The van der Waals surface area contributed by atoms with Gasteiger partial charge in [-0.25, -0.2) is 4.79 Å². The third-order valence-electron chi connectivity index (χ3n) is 4.16. The first-order valence-corrected chi connectivity index (χ1v) is 8.66. The zero-order chi connectivity index (χ0) is 17.6. The summed E-state index contributed by atoms with van der Waals surface area (Å²) >= 11 is 0. The van der Waals surface area contributed by atoms with Gasteiger partial charge in [-0.2, -0.15) is 5.10 Å². The zero-order valence-electron chi connectivity index (χ0n) is 14.4. The monoisotopic (exact) mass is 341 g/mol. The zero-order valence-corrected chi connectivity index (χ0v) is 14.4. The molecule has 132 valence electrons. The van der Waals surface area contributed by atoms with Gasteiger partial charge in [-0.1, -0.05) is 19.1 Å². The molecule has 0 bridgehead atoms. The lowest BCUT2D eigenvalue weighted by molar-refractivity contribution is 0.102. The molecule has 2 N–H and O–H groups in total. The van der Waals surface area contributed by atoms with E-state index in [1.54, 1.807) is 34.1 Å². The molecule has 3 rings (SSSR count). The van der Waals surface area contributed by atoms with E-state index in [-0.39, 0.29) is 11.9 Å². The second kappa shape index (κ2) is 7.83. The number of benzene rings is 1. The lowest BCUT2D eigenvalue weighted by atomic mass is 10.2. The van der Waals surface area contributed by atoms with Crippen molar-refractivity contribution in [3.63, 3.8) is 0 Å². The summed E-state index contributed by atoms with van der Waals surface area (Å²) < 4.78 is 1.75. The van der Waals surface area contributed by atoms with E-state index >= 15 is 0 Å². The highest BCUT2D eigenvalue weighted by Crippen LogP contribution is 2.23. The van der Waals surface area contributed by atoms with Gasteiger partial charge in [-0.3, -0.25) is 9.48 Å². The fourth-order valence-electron chi connectivity index (χ4n) is 2.84. The summed E-state index contributed by atoms with van der Waals surface area (Å²) in [6, 6.07) is 7.07. The second-order valence-corrected chi connectivity index (χ2v) is 6.12. The number of hydrogen-bond donors (Lipinski definition) is 2. The predicted octanol–water partition coefficient (Wildman–Crippen LogP) is 3.17. The quantitative estimate of drug-likeness (QED) is 0.876. The van der Waals surface area contributed by atoms with Crippen LogP contribution < -0.4 is 10.6 Å². The fourth-order valence-corrected chi connectivity index (χ4v) is 2.84. The Morgan fingerprint density at radius 3 is 2.48 bits per heavy atom. The first kappa shape index (κ1) is 17.0. The molecule has 0 aliphatic carbocycles. The Bertz CT molecular complexity index is 749. The molecule has 1 aromatic carbocycles. The summed E-state index contributed by atoms with van der Waals surface area (Å²) in [5.74, 6) is -0.245. The highest BCUT2D eigenvalue weighted by atomic mass is 16.2. The number of amides is 3. The Kier molecular flexibility index (Phi) is 5.33. The minimum atomic E-state index is -0.245. The number of rotatable bonds is 5. The van der Waals surface area contributed by atoms with Crippen molar-refractivity contribution in [1.82, 2.24) is 14.7 Å². The molecule has 2 heterocycles. The van der Waals surface area contributed by atoms with Gasteiger partial charge in [0, 0.05) is 25.8 Å². The van der Waals surface area contributed by atoms with Crippen LogP contribution in [0.1, 0.15) is 36.5 Å². The number of aryl methyl sites for hydroxylation is 1. The van der Waals surface area contributed by atoms with Gasteiger partial charge in [-0.15, -0.1) is 0 Å². The number of nitrogens with zero attached hydrogens (tertiary/aromatic N) is 3. The third-order valence-corrected chi connectivity index (χ3v) is 4.16. The molecule has 1 saturated heterocycles. The fraction of sp³-hybridized carbons (Fsp3) is 0.389. The molecular formula is C18H23N5O2. The highest BCUT2D eigenvalue weighted by Gasteiger charge is 2.19. The van der Waals surface area contributed by atoms with E-state index in [9.17, 15) is 9.59 Å². The van der Waals surface area contributed by atoms with E-state index < -0.39 is 0 Å². The Labute approximate surface area is 147 Å². The van der Waals surface area contributed by atoms with Gasteiger partial charge in [0.15, 0.2) is 0 Å². The molecule has 0 saturated carbocycles. The van der Waals surface area contributed by atoms with E-state index in [1.807, 2.05) is 12.1 Å². The van der Waals surface area contributed by atoms with Crippen molar-refractivity contribution in [2.45, 2.75) is 32.7 Å². The average molecular weight is 341 g/mol. The van der Waals surface area contributed by atoms with Crippen molar-refractivity contribution >= 4 is 23.3 Å². The van der Waals surface area contributed by atoms with Gasteiger partial charge in [0.1, 0.15) is 0 Å². The third kappa shape index (κ3) is 4.17. The minimum Gasteiger partial charge on any atom is -0.325 e. The molecule has 1 aliphatic heterocycles. The molecule has 7 nitrogen and oxygen atoms in total. The van der Waals surface area contributed by atoms with Crippen LogP contribution in [0.2, 0.25) is 0 Å². The van der Waals surface area contributed by atoms with Crippen molar-refractivity contribution in [3.8, 4) is 0 Å². The SMILES string of the molecule is CCCn1cc(C(=O)Nc2ccccc2NC(=O)N2CCCC2)cn1. The van der Waals surface area contributed by atoms with Crippen LogP contribution >= 0.6 is 0 Å². The predicted molar refractivity (Wildman–Crippen MR) is 96.7 cm³/mol. The van der Waals surface area contributed by atoms with Crippen LogP contribution in [0.5, 0.6) is 0 Å². The molecular weight excluding hydrogens is 318 g/mol. The van der Waals surface area contributed by atoms with Gasteiger partial charge < -0.3 is 15.5 Å². The molecule has 1 fully saturated rings. The normalized spacial score (nSPS) is 13.7. The molecule has 0 radical (unpaired) electrons. The van der Waals surface area contributed by atoms with Gasteiger partial charge in [0.25, 0.3) is 5.91 Å². The van der Waals surface area contributed by atoms with E-state index in [2.05, 4.69) is 22.7 Å². The first-order valence-electron chi connectivity index (χ1n) is 8.66. The Morgan fingerprint density at radius 1 is 1.12 bits per heavy atom. The van der Waals surface area contributed by atoms with E-state index in [4.69, 9.17) is 0 Å². The number of para-hydroxylation sites is 2. The maximum atomic E-state index is 12.4. The van der Waals surface area contributed by atoms with Crippen LogP contribution in [0.3, 0.4) is 0 Å². The number of carbonyl (C=O) groups excluding carboxylic acids is 2. The standard InChI is InChI=1S/C18H23N5O2/c1-2-9-23-13-14(12-19-23)17(24)20-15-7-3-4-8-16(15)21-18(25)22-10-5-6-11-22/h3-4,7-8,12-13H,2,5-6,9-11H2,1H3,(H,20,24)(H,21,25). The number of urea groups is 1. The van der Waals surface area contributed by atoms with Crippen molar-refractivity contribution in [2.75, 3.05) is 23.7 Å². The summed E-state index contributed by atoms with van der Waals surface area (Å²) in [6.07, 6.45) is 6.30. The number of carbonyl (C=O) groups is 2. The molecule has 3 amide bonds. The molecule has 7 heteroatoms. The number of hydrogen-bond acceptors (Lipinski definition) is 3. The molecule has 1 aliphatic rings. The largest absolute Gasteiger partial charge is 0.325 e. The van der Waals surface area contributed by atoms with Crippen LogP contribution in [0, 0.1) is 0 Å². The second-order valence-electron chi connectivity index (χ2n) is 6.12. The summed E-state index contributed by atoms with van der Waals surface area (Å²) in [7, 11) is 0. The van der Waals surface area contributed by atoms with Crippen LogP contribution in [0.4, 0.5) is 16.2 Å². The van der Waals surface area contributed by atoms with Gasteiger partial charge in [0.2, 0.25) is 0 Å². The minimum absolute atomic E-state index is 0.130. The topological polar surface area (TPSA) is 79.3 Å². The van der Waals surface area contributed by atoms with Crippen molar-refractivity contribution in [1.29, 1.82) is 0 Å². The Hall–Kier alpha value is -2.83. The number of aromatic nitrogens is 2. The summed E-state index contributed by atoms with van der Waals surface area (Å²) in [4.78, 5) is 26.5. The Balaban J connectivity index is 1.69. The molecule has 25 heavy (non-hydrogen) atoms. The highest BCUT2D eigenvalue weighted by molar-refractivity contribution is 6.06. The van der Waals surface area contributed by atoms with Crippen LogP contribution in [-0.2, 0) is 6.54 Å². The molecule has 1 aromatic heterocycles. The molecule has 0 atom stereocenters. The smallest absolute Gasteiger partial charge is 0.321 e. The number of likely N-dealkylation sites (tertiary alicyclic amines) is 1. The summed E-state index contributed by atoms with van der Waals surface area (Å²) in [5.41, 5.74) is 1.66. The van der Waals surface area contributed by atoms with Gasteiger partial charge in [0.05, 0.1) is 23.1 Å². The van der Waals surface area contributed by atoms with Crippen LogP contribution in [-0.4, -0.2) is 39.7 Å². The maximum absolute atomic E-state index is 12.4. The molecule has 2 aromatic rings. The van der Waals surface area contributed by atoms with Crippen LogP contribution in [0.15, 0.2) is 36.7 Å². The van der Waals surface area contributed by atoms with E-state index in [0.717, 1.165) is 38.9 Å². The number of nitrogens with one attached hydrogen (secondary N) is 2. The van der Waals surface area contributed by atoms with Crippen molar-refractivity contribution in [2.24, 2.45) is 0 Å². The summed E-state index contributed by atoms with van der Waals surface area (Å²) in [6.45, 7) is 4.38. The number of anilines is 2. The summed E-state index contributed by atoms with van der Waals surface area (Å²) in [5, 5.41) is 9.91. The molecule has 0 spiro atoms. The first-order chi connectivity index (χ1) is 12.2. The van der Waals surface area contributed by atoms with Gasteiger partial charge >= 0.3 is 6.03 Å². The lowest BCUT2D eigenvalue weighted by Crippen LogP contribution is -2.32. The van der Waals surface area contributed by atoms with Gasteiger partial charge in [-0.05, 0) is 31.4 Å². The van der Waals surface area contributed by atoms with Crippen molar-refractivity contribution < 1.29 is 9.59 Å². The van der Waals surface area contributed by atoms with E-state index in [0.29, 0.717) is 16.9 Å². The van der Waals surface area contributed by atoms with Crippen LogP contribution in [0.25, 0.3) is 0 Å². The Morgan fingerprint density at radius 2 is 1.80 bits per heavy atom. The van der Waals surface area contributed by atoms with Crippen molar-refractivity contribution in [3.05, 3.63) is 42.2 Å². The lowest BCUT2D eigenvalue weighted by Gasteiger charge is -2.18. The molecule has 0 unspecified atom stereocenters. The van der Waals surface area contributed by atoms with E-state index in [1.165, 1.54) is 0 Å². The average Bonchev–Trinajstić information content (AvgIpc) is 3.28. The maximum Gasteiger partial charge on any atom is 0.321 e.